The molecule has 4 heterocycles. The summed E-state index contributed by atoms with van der Waals surface area (Å²) in [6, 6.07) is 7.70. The van der Waals surface area contributed by atoms with Gasteiger partial charge in [0.25, 0.3) is 0 Å². The Balaban J connectivity index is 1.29. The minimum atomic E-state index is -0.0974. The highest BCUT2D eigenvalue weighted by Crippen LogP contribution is 2.19. The lowest BCUT2D eigenvalue weighted by Crippen LogP contribution is -2.52. The van der Waals surface area contributed by atoms with Crippen LogP contribution in [0.4, 0.5) is 17.5 Å². The van der Waals surface area contributed by atoms with Crippen LogP contribution in [0.3, 0.4) is 0 Å². The van der Waals surface area contributed by atoms with Crippen LogP contribution in [0.25, 0.3) is 0 Å². The molecular formula is C20H25N7O2. The number of nitrogens with zero attached hydrogens (tertiary/aromatic N) is 5. The molecule has 2 aromatic heterocycles. The van der Waals surface area contributed by atoms with E-state index in [1.165, 1.54) is 0 Å². The maximum Gasteiger partial charge on any atom is 0.227 e. The van der Waals surface area contributed by atoms with E-state index in [0.29, 0.717) is 51.4 Å². The Morgan fingerprint density at radius 3 is 2.52 bits per heavy atom. The van der Waals surface area contributed by atoms with Crippen LogP contribution in [-0.4, -0.2) is 64.6 Å². The van der Waals surface area contributed by atoms with Gasteiger partial charge in [0.2, 0.25) is 11.8 Å². The van der Waals surface area contributed by atoms with Crippen molar-refractivity contribution in [1.82, 2.24) is 25.4 Å². The fraction of sp³-hybridized carbons (Fsp3) is 0.450. The normalized spacial score (nSPS) is 19.6. The Morgan fingerprint density at radius 2 is 1.90 bits per heavy atom. The molecule has 0 radical (unpaired) electrons. The summed E-state index contributed by atoms with van der Waals surface area (Å²) in [5.74, 6) is 2.24. The number of piperidine rings is 1. The number of anilines is 3. The van der Waals surface area contributed by atoms with Crippen molar-refractivity contribution in [2.24, 2.45) is 5.92 Å². The van der Waals surface area contributed by atoms with Crippen LogP contribution < -0.4 is 15.5 Å². The van der Waals surface area contributed by atoms with Gasteiger partial charge in [0.15, 0.2) is 11.6 Å². The van der Waals surface area contributed by atoms with Gasteiger partial charge in [0.05, 0.1) is 5.92 Å². The molecule has 0 aliphatic carbocycles. The minimum absolute atomic E-state index is 0.0357. The molecule has 2 aliphatic rings. The van der Waals surface area contributed by atoms with Gasteiger partial charge in [0, 0.05) is 45.3 Å². The van der Waals surface area contributed by atoms with Crippen LogP contribution in [0.15, 0.2) is 30.5 Å². The maximum atomic E-state index is 12.7. The summed E-state index contributed by atoms with van der Waals surface area (Å²) in [4.78, 5) is 32.3. The molecule has 2 saturated heterocycles. The molecule has 4 rings (SSSR count). The number of pyridine rings is 1. The standard InChI is InChI=1S/C20H25N7O2/c1-14-2-4-16(21-12-14)23-17-5-6-18(25-24-17)26-8-10-27(11-9-26)20(29)15-3-7-19(28)22-13-15/h2,4-6,12,15H,3,7-11,13H2,1H3,(H,22,28)(H,21,23,24). The predicted octanol–water partition coefficient (Wildman–Crippen LogP) is 1.10. The smallest absolute Gasteiger partial charge is 0.227 e. The Kier molecular flexibility index (Phi) is 5.55. The molecule has 0 saturated carbocycles. The summed E-state index contributed by atoms with van der Waals surface area (Å²) in [5.41, 5.74) is 1.10. The average molecular weight is 395 g/mol. The molecule has 1 unspecified atom stereocenters. The van der Waals surface area contributed by atoms with Crippen molar-refractivity contribution in [2.75, 3.05) is 42.9 Å². The number of nitrogens with one attached hydrogen (secondary N) is 2. The van der Waals surface area contributed by atoms with Crippen molar-refractivity contribution < 1.29 is 9.59 Å². The Labute approximate surface area is 169 Å². The van der Waals surface area contributed by atoms with Gasteiger partial charge in [0.1, 0.15) is 5.82 Å². The molecule has 2 fully saturated rings. The Bertz CT molecular complexity index is 851. The summed E-state index contributed by atoms with van der Waals surface area (Å²) >= 11 is 0. The van der Waals surface area contributed by atoms with Gasteiger partial charge in [-0.1, -0.05) is 6.07 Å². The van der Waals surface area contributed by atoms with Gasteiger partial charge in [-0.25, -0.2) is 4.98 Å². The first-order valence-electron chi connectivity index (χ1n) is 9.92. The van der Waals surface area contributed by atoms with Crippen LogP contribution >= 0.6 is 0 Å². The summed E-state index contributed by atoms with van der Waals surface area (Å²) < 4.78 is 0. The molecule has 9 heteroatoms. The van der Waals surface area contributed by atoms with Crippen molar-refractivity contribution in [2.45, 2.75) is 19.8 Å². The van der Waals surface area contributed by atoms with E-state index >= 15 is 0 Å². The van der Waals surface area contributed by atoms with Gasteiger partial charge in [-0.15, -0.1) is 10.2 Å². The second kappa shape index (κ2) is 8.42. The van der Waals surface area contributed by atoms with Crippen LogP contribution in [0.1, 0.15) is 18.4 Å². The third-order valence-electron chi connectivity index (χ3n) is 5.35. The average Bonchev–Trinajstić information content (AvgIpc) is 2.76. The summed E-state index contributed by atoms with van der Waals surface area (Å²) in [6.07, 6.45) is 2.87. The molecule has 0 bridgehead atoms. The number of piperazine rings is 1. The number of rotatable bonds is 4. The lowest BCUT2D eigenvalue weighted by molar-refractivity contribution is -0.137. The van der Waals surface area contributed by atoms with Crippen molar-refractivity contribution in [3.8, 4) is 0 Å². The second-order valence-corrected chi connectivity index (χ2v) is 7.47. The zero-order valence-corrected chi connectivity index (χ0v) is 16.5. The van der Waals surface area contributed by atoms with E-state index in [0.717, 1.165) is 17.2 Å². The molecule has 0 spiro atoms. The third-order valence-corrected chi connectivity index (χ3v) is 5.35. The molecule has 2 aliphatic heterocycles. The van der Waals surface area contributed by atoms with E-state index in [1.54, 1.807) is 6.20 Å². The van der Waals surface area contributed by atoms with E-state index in [4.69, 9.17) is 0 Å². The lowest BCUT2D eigenvalue weighted by atomic mass is 9.97. The molecule has 2 amide bonds. The van der Waals surface area contributed by atoms with Crippen molar-refractivity contribution in [3.63, 3.8) is 0 Å². The van der Waals surface area contributed by atoms with E-state index in [2.05, 4.69) is 30.7 Å². The van der Waals surface area contributed by atoms with Crippen LogP contribution in [0.5, 0.6) is 0 Å². The molecule has 152 valence electrons. The molecule has 2 N–H and O–H groups in total. The van der Waals surface area contributed by atoms with E-state index in [-0.39, 0.29) is 17.7 Å². The summed E-state index contributed by atoms with van der Waals surface area (Å²) in [5, 5.41) is 14.5. The number of carbonyl (C=O) groups excluding carboxylic acids is 2. The number of carbonyl (C=O) groups is 2. The molecule has 0 aromatic carbocycles. The molecule has 29 heavy (non-hydrogen) atoms. The number of aromatic nitrogens is 3. The van der Waals surface area contributed by atoms with Crippen LogP contribution in [0.2, 0.25) is 0 Å². The topological polar surface area (TPSA) is 103 Å². The fourth-order valence-electron chi connectivity index (χ4n) is 3.59. The van der Waals surface area contributed by atoms with Crippen LogP contribution in [0, 0.1) is 12.8 Å². The van der Waals surface area contributed by atoms with Gasteiger partial charge >= 0.3 is 0 Å². The van der Waals surface area contributed by atoms with Gasteiger partial charge < -0.3 is 20.4 Å². The number of aryl methyl sites for hydroxylation is 1. The highest BCUT2D eigenvalue weighted by atomic mass is 16.2. The number of amides is 2. The quantitative estimate of drug-likeness (QED) is 0.799. The van der Waals surface area contributed by atoms with Crippen molar-refractivity contribution in [1.29, 1.82) is 0 Å². The summed E-state index contributed by atoms with van der Waals surface area (Å²) in [6.45, 7) is 5.17. The van der Waals surface area contributed by atoms with Crippen molar-refractivity contribution in [3.05, 3.63) is 36.0 Å². The first-order valence-corrected chi connectivity index (χ1v) is 9.92. The Morgan fingerprint density at radius 1 is 1.10 bits per heavy atom. The summed E-state index contributed by atoms with van der Waals surface area (Å²) in [7, 11) is 0. The lowest BCUT2D eigenvalue weighted by Gasteiger charge is -2.37. The zero-order chi connectivity index (χ0) is 20.2. The zero-order valence-electron chi connectivity index (χ0n) is 16.5. The van der Waals surface area contributed by atoms with Crippen molar-refractivity contribution >= 4 is 29.3 Å². The molecule has 2 aromatic rings. The van der Waals surface area contributed by atoms with E-state index < -0.39 is 0 Å². The number of hydrogen-bond donors (Lipinski definition) is 2. The third kappa shape index (κ3) is 4.61. The van der Waals surface area contributed by atoms with Gasteiger partial charge in [-0.05, 0) is 37.1 Å². The number of hydrogen-bond acceptors (Lipinski definition) is 7. The maximum absolute atomic E-state index is 12.7. The van der Waals surface area contributed by atoms with Gasteiger partial charge in [-0.2, -0.15) is 0 Å². The molecule has 9 nitrogen and oxygen atoms in total. The SMILES string of the molecule is Cc1ccc(Nc2ccc(N3CCN(C(=O)C4CCC(=O)NC4)CC3)nn2)nc1. The second-order valence-electron chi connectivity index (χ2n) is 7.47. The highest BCUT2D eigenvalue weighted by molar-refractivity contribution is 5.84. The fourth-order valence-corrected chi connectivity index (χ4v) is 3.59. The predicted molar refractivity (Wildman–Crippen MR) is 109 cm³/mol. The first-order chi connectivity index (χ1) is 14.1. The molecular weight excluding hydrogens is 370 g/mol. The van der Waals surface area contributed by atoms with Gasteiger partial charge in [-0.3, -0.25) is 9.59 Å². The highest BCUT2D eigenvalue weighted by Gasteiger charge is 2.30. The Hall–Kier alpha value is -3.23. The van der Waals surface area contributed by atoms with Crippen LogP contribution in [-0.2, 0) is 9.59 Å². The first kappa shape index (κ1) is 19.1. The van der Waals surface area contributed by atoms with E-state index in [1.807, 2.05) is 36.1 Å². The molecule has 1 atom stereocenters. The van der Waals surface area contributed by atoms with E-state index in [9.17, 15) is 9.59 Å². The minimum Gasteiger partial charge on any atom is -0.355 e. The largest absolute Gasteiger partial charge is 0.355 e. The monoisotopic (exact) mass is 395 g/mol.